The van der Waals surface area contributed by atoms with Gasteiger partial charge in [-0.2, -0.15) is 5.26 Å². The highest BCUT2D eigenvalue weighted by molar-refractivity contribution is 5.42. The van der Waals surface area contributed by atoms with Gasteiger partial charge in [0.25, 0.3) is 0 Å². The van der Waals surface area contributed by atoms with Crippen LogP contribution in [0.3, 0.4) is 0 Å². The Morgan fingerprint density at radius 2 is 2.00 bits per heavy atom. The van der Waals surface area contributed by atoms with E-state index in [4.69, 9.17) is 5.26 Å². The lowest BCUT2D eigenvalue weighted by atomic mass is 10.3. The molecule has 2 rings (SSSR count). The van der Waals surface area contributed by atoms with Crippen molar-refractivity contribution < 1.29 is 0 Å². The second kappa shape index (κ2) is 4.24. The fourth-order valence-corrected chi connectivity index (χ4v) is 1.62. The average molecular weight is 203 g/mol. The van der Waals surface area contributed by atoms with E-state index in [1.165, 1.54) is 6.33 Å². The normalized spacial score (nSPS) is 17.5. The third-order valence-corrected chi connectivity index (χ3v) is 2.59. The van der Waals surface area contributed by atoms with Crippen molar-refractivity contribution in [2.75, 3.05) is 38.1 Å². The second-order valence-corrected chi connectivity index (χ2v) is 3.66. The van der Waals surface area contributed by atoms with E-state index < -0.39 is 0 Å². The van der Waals surface area contributed by atoms with Crippen LogP contribution in [0, 0.1) is 11.3 Å². The molecule has 1 aliphatic rings. The van der Waals surface area contributed by atoms with E-state index in [9.17, 15) is 0 Å². The summed E-state index contributed by atoms with van der Waals surface area (Å²) >= 11 is 0. The molecule has 5 nitrogen and oxygen atoms in total. The van der Waals surface area contributed by atoms with Gasteiger partial charge in [-0.25, -0.2) is 9.97 Å². The van der Waals surface area contributed by atoms with Gasteiger partial charge >= 0.3 is 0 Å². The highest BCUT2D eigenvalue weighted by Gasteiger charge is 2.15. The molecule has 1 aromatic heterocycles. The summed E-state index contributed by atoms with van der Waals surface area (Å²) in [6.07, 6.45) is 1.45. The molecule has 0 bridgehead atoms. The molecule has 2 heterocycles. The van der Waals surface area contributed by atoms with Crippen molar-refractivity contribution in [3.8, 4) is 6.07 Å². The first-order chi connectivity index (χ1) is 7.29. The Kier molecular flexibility index (Phi) is 2.79. The number of piperazine rings is 1. The monoisotopic (exact) mass is 203 g/mol. The Hall–Kier alpha value is -1.67. The lowest BCUT2D eigenvalue weighted by Crippen LogP contribution is -2.44. The zero-order valence-corrected chi connectivity index (χ0v) is 8.72. The lowest BCUT2D eigenvalue weighted by Gasteiger charge is -2.33. The van der Waals surface area contributed by atoms with Gasteiger partial charge in [0.2, 0.25) is 0 Å². The smallest absolute Gasteiger partial charge is 0.145 e. The highest BCUT2D eigenvalue weighted by Crippen LogP contribution is 2.12. The Bertz CT molecular complexity index is 376. The van der Waals surface area contributed by atoms with Crippen molar-refractivity contribution in [2.24, 2.45) is 0 Å². The van der Waals surface area contributed by atoms with Gasteiger partial charge in [0.05, 0.1) is 0 Å². The molecule has 0 saturated carbocycles. The van der Waals surface area contributed by atoms with E-state index in [0.29, 0.717) is 5.69 Å². The predicted molar refractivity (Wildman–Crippen MR) is 56.5 cm³/mol. The molecule has 78 valence electrons. The van der Waals surface area contributed by atoms with Crippen LogP contribution in [0.1, 0.15) is 5.69 Å². The summed E-state index contributed by atoms with van der Waals surface area (Å²) in [4.78, 5) is 12.5. The van der Waals surface area contributed by atoms with Gasteiger partial charge in [-0.3, -0.25) is 0 Å². The summed E-state index contributed by atoms with van der Waals surface area (Å²) in [7, 11) is 2.11. The van der Waals surface area contributed by atoms with Gasteiger partial charge in [0.1, 0.15) is 23.9 Å². The Labute approximate surface area is 89.0 Å². The average Bonchev–Trinajstić information content (AvgIpc) is 2.30. The fourth-order valence-electron chi connectivity index (χ4n) is 1.62. The van der Waals surface area contributed by atoms with Crippen molar-refractivity contribution in [1.29, 1.82) is 5.26 Å². The van der Waals surface area contributed by atoms with E-state index in [-0.39, 0.29) is 0 Å². The van der Waals surface area contributed by atoms with Gasteiger partial charge < -0.3 is 9.80 Å². The highest BCUT2D eigenvalue weighted by atomic mass is 15.3. The fraction of sp³-hybridized carbons (Fsp3) is 0.500. The first-order valence-electron chi connectivity index (χ1n) is 4.95. The summed E-state index contributed by atoms with van der Waals surface area (Å²) < 4.78 is 0. The molecular weight excluding hydrogens is 190 g/mol. The largest absolute Gasteiger partial charge is 0.354 e. The van der Waals surface area contributed by atoms with E-state index in [1.807, 2.05) is 6.07 Å². The summed E-state index contributed by atoms with van der Waals surface area (Å²) in [6, 6.07) is 3.77. The molecule has 1 fully saturated rings. The first kappa shape index (κ1) is 9.87. The van der Waals surface area contributed by atoms with Gasteiger partial charge in [-0.15, -0.1) is 0 Å². The standard InChI is InChI=1S/C10H13N5/c1-14-2-4-15(5-3-14)10-6-9(7-11)12-8-13-10/h6,8H,2-5H2,1H3. The molecule has 0 N–H and O–H groups in total. The predicted octanol–water partition coefficient (Wildman–Crippen LogP) is 0.100. The molecule has 0 unspecified atom stereocenters. The molecule has 1 aliphatic heterocycles. The minimum absolute atomic E-state index is 0.430. The summed E-state index contributed by atoms with van der Waals surface area (Å²) in [6.45, 7) is 3.98. The van der Waals surface area contributed by atoms with Gasteiger partial charge in [0, 0.05) is 32.2 Å². The lowest BCUT2D eigenvalue weighted by molar-refractivity contribution is 0.312. The maximum Gasteiger partial charge on any atom is 0.145 e. The van der Waals surface area contributed by atoms with Crippen molar-refractivity contribution in [3.63, 3.8) is 0 Å². The molecule has 0 aromatic carbocycles. The molecule has 0 atom stereocenters. The molecule has 1 saturated heterocycles. The minimum Gasteiger partial charge on any atom is -0.354 e. The molecule has 0 radical (unpaired) electrons. The molecule has 0 spiro atoms. The number of hydrogen-bond acceptors (Lipinski definition) is 5. The number of hydrogen-bond donors (Lipinski definition) is 0. The van der Waals surface area contributed by atoms with Crippen LogP contribution in [0.15, 0.2) is 12.4 Å². The van der Waals surface area contributed by atoms with Crippen LogP contribution in [0.2, 0.25) is 0 Å². The van der Waals surface area contributed by atoms with Crippen LogP contribution in [-0.4, -0.2) is 48.1 Å². The third-order valence-electron chi connectivity index (χ3n) is 2.59. The number of anilines is 1. The zero-order chi connectivity index (χ0) is 10.7. The second-order valence-electron chi connectivity index (χ2n) is 3.66. The van der Waals surface area contributed by atoms with Crippen LogP contribution in [0.25, 0.3) is 0 Å². The van der Waals surface area contributed by atoms with Crippen molar-refractivity contribution in [3.05, 3.63) is 18.1 Å². The summed E-state index contributed by atoms with van der Waals surface area (Å²) in [5, 5.41) is 8.74. The third kappa shape index (κ3) is 2.22. The first-order valence-corrected chi connectivity index (χ1v) is 4.95. The summed E-state index contributed by atoms with van der Waals surface area (Å²) in [5.41, 5.74) is 0.430. The molecular formula is C10H13N5. The van der Waals surface area contributed by atoms with Crippen LogP contribution in [-0.2, 0) is 0 Å². The van der Waals surface area contributed by atoms with Crippen LogP contribution < -0.4 is 4.90 Å². The maximum atomic E-state index is 8.74. The van der Waals surface area contributed by atoms with E-state index in [2.05, 4.69) is 26.8 Å². The number of rotatable bonds is 1. The van der Waals surface area contributed by atoms with Gasteiger partial charge in [-0.05, 0) is 7.05 Å². The van der Waals surface area contributed by atoms with Gasteiger partial charge in [0.15, 0.2) is 0 Å². The maximum absolute atomic E-state index is 8.74. The molecule has 0 amide bonds. The topological polar surface area (TPSA) is 56.0 Å². The van der Waals surface area contributed by atoms with Gasteiger partial charge in [-0.1, -0.05) is 0 Å². The Balaban J connectivity index is 2.12. The number of likely N-dealkylation sites (N-methyl/N-ethyl adjacent to an activating group) is 1. The van der Waals surface area contributed by atoms with E-state index in [1.54, 1.807) is 6.07 Å². The Morgan fingerprint density at radius 3 is 2.67 bits per heavy atom. The molecule has 5 heteroatoms. The molecule has 15 heavy (non-hydrogen) atoms. The zero-order valence-electron chi connectivity index (χ0n) is 8.72. The molecule has 1 aromatic rings. The quantitative estimate of drug-likeness (QED) is 0.648. The van der Waals surface area contributed by atoms with E-state index in [0.717, 1.165) is 32.0 Å². The van der Waals surface area contributed by atoms with Crippen LogP contribution in [0.4, 0.5) is 5.82 Å². The number of aromatic nitrogens is 2. The Morgan fingerprint density at radius 1 is 1.27 bits per heavy atom. The summed E-state index contributed by atoms with van der Waals surface area (Å²) in [5.74, 6) is 0.856. The minimum atomic E-state index is 0.430. The number of nitriles is 1. The SMILES string of the molecule is CN1CCN(c2cc(C#N)ncn2)CC1. The van der Waals surface area contributed by atoms with Crippen LogP contribution in [0.5, 0.6) is 0 Å². The van der Waals surface area contributed by atoms with E-state index >= 15 is 0 Å². The van der Waals surface area contributed by atoms with Crippen molar-refractivity contribution >= 4 is 5.82 Å². The number of nitrogens with zero attached hydrogens (tertiary/aromatic N) is 5. The van der Waals surface area contributed by atoms with Crippen molar-refractivity contribution in [2.45, 2.75) is 0 Å². The van der Waals surface area contributed by atoms with Crippen molar-refractivity contribution in [1.82, 2.24) is 14.9 Å². The van der Waals surface area contributed by atoms with Crippen LogP contribution >= 0.6 is 0 Å². The molecule has 0 aliphatic carbocycles.